The summed E-state index contributed by atoms with van der Waals surface area (Å²) in [6.45, 7) is 0.560. The maximum absolute atomic E-state index is 9.85. The summed E-state index contributed by atoms with van der Waals surface area (Å²) < 4.78 is 1.50. The van der Waals surface area contributed by atoms with E-state index in [1.54, 1.807) is 6.20 Å². The van der Waals surface area contributed by atoms with Crippen molar-refractivity contribution in [1.29, 1.82) is 0 Å². The smallest absolute Gasteiger partial charge is 0.207 e. The maximum atomic E-state index is 9.85. The van der Waals surface area contributed by atoms with E-state index in [1.807, 2.05) is 0 Å². The van der Waals surface area contributed by atoms with Gasteiger partial charge in [-0.25, -0.2) is 4.68 Å². The standard InChI is InChI=1S/C6H10N4O2/c11-5-7-3-6(12)4-10-2-1-8-9-10/h1-2,5-6,12H,3-4H2,(H,7,11). The first-order valence-electron chi connectivity index (χ1n) is 3.52. The topological polar surface area (TPSA) is 80.0 Å². The third kappa shape index (κ3) is 2.67. The number of hydrogen-bond acceptors (Lipinski definition) is 4. The van der Waals surface area contributed by atoms with Crippen molar-refractivity contribution in [2.75, 3.05) is 6.54 Å². The minimum atomic E-state index is -0.628. The van der Waals surface area contributed by atoms with E-state index in [0.717, 1.165) is 0 Å². The Kier molecular flexibility index (Phi) is 3.21. The summed E-state index contributed by atoms with van der Waals surface area (Å²) >= 11 is 0. The molecule has 1 heterocycles. The zero-order valence-electron chi connectivity index (χ0n) is 6.42. The largest absolute Gasteiger partial charge is 0.389 e. The number of nitrogens with zero attached hydrogens (tertiary/aromatic N) is 3. The van der Waals surface area contributed by atoms with Gasteiger partial charge in [0.25, 0.3) is 0 Å². The zero-order valence-corrected chi connectivity index (χ0v) is 6.42. The molecule has 1 aromatic heterocycles. The normalized spacial score (nSPS) is 12.4. The predicted molar refractivity (Wildman–Crippen MR) is 40.1 cm³/mol. The lowest BCUT2D eigenvalue weighted by Gasteiger charge is -2.08. The molecule has 1 unspecified atom stereocenters. The lowest BCUT2D eigenvalue weighted by Crippen LogP contribution is -2.29. The summed E-state index contributed by atoms with van der Waals surface area (Å²) in [6.07, 6.45) is 3.09. The zero-order chi connectivity index (χ0) is 8.81. The Morgan fingerprint density at radius 3 is 3.17 bits per heavy atom. The SMILES string of the molecule is O=CNCC(O)Cn1ccnn1. The van der Waals surface area contributed by atoms with Crippen LogP contribution in [0.25, 0.3) is 0 Å². The lowest BCUT2D eigenvalue weighted by molar-refractivity contribution is -0.110. The molecule has 1 aromatic rings. The van der Waals surface area contributed by atoms with E-state index in [0.29, 0.717) is 13.0 Å². The molecule has 6 nitrogen and oxygen atoms in total. The molecular weight excluding hydrogens is 160 g/mol. The van der Waals surface area contributed by atoms with Crippen LogP contribution in [-0.4, -0.2) is 39.2 Å². The second kappa shape index (κ2) is 4.45. The molecule has 0 aliphatic rings. The molecule has 0 aliphatic heterocycles. The van der Waals surface area contributed by atoms with Crippen molar-refractivity contribution < 1.29 is 9.90 Å². The highest BCUT2D eigenvalue weighted by Gasteiger charge is 2.03. The highest BCUT2D eigenvalue weighted by atomic mass is 16.3. The summed E-state index contributed by atoms with van der Waals surface area (Å²) in [7, 11) is 0. The van der Waals surface area contributed by atoms with Crippen LogP contribution in [0.1, 0.15) is 0 Å². The quantitative estimate of drug-likeness (QED) is 0.521. The van der Waals surface area contributed by atoms with Gasteiger partial charge in [-0.3, -0.25) is 4.79 Å². The van der Waals surface area contributed by atoms with Gasteiger partial charge >= 0.3 is 0 Å². The van der Waals surface area contributed by atoms with Crippen LogP contribution in [-0.2, 0) is 11.3 Å². The second-order valence-electron chi connectivity index (χ2n) is 2.31. The predicted octanol–water partition coefficient (Wildman–Crippen LogP) is -1.62. The van der Waals surface area contributed by atoms with Crippen LogP contribution in [0.4, 0.5) is 0 Å². The number of carbonyl (C=O) groups excluding carboxylic acids is 1. The van der Waals surface area contributed by atoms with E-state index in [9.17, 15) is 9.90 Å². The minimum Gasteiger partial charge on any atom is -0.389 e. The van der Waals surface area contributed by atoms with Crippen molar-refractivity contribution in [3.63, 3.8) is 0 Å². The molecule has 12 heavy (non-hydrogen) atoms. The summed E-state index contributed by atoms with van der Waals surface area (Å²) in [5.74, 6) is 0. The number of aromatic nitrogens is 3. The van der Waals surface area contributed by atoms with Gasteiger partial charge in [-0.15, -0.1) is 5.10 Å². The molecule has 0 fully saturated rings. The average Bonchev–Trinajstić information content (AvgIpc) is 2.53. The van der Waals surface area contributed by atoms with Gasteiger partial charge in [0.2, 0.25) is 6.41 Å². The number of carbonyl (C=O) groups is 1. The highest BCUT2D eigenvalue weighted by Crippen LogP contribution is 1.87. The van der Waals surface area contributed by atoms with Gasteiger partial charge < -0.3 is 10.4 Å². The summed E-state index contributed by atoms with van der Waals surface area (Å²) in [4.78, 5) is 9.85. The Balaban J connectivity index is 2.26. The van der Waals surface area contributed by atoms with Crippen molar-refractivity contribution in [2.24, 2.45) is 0 Å². The van der Waals surface area contributed by atoms with E-state index in [1.165, 1.54) is 10.9 Å². The van der Waals surface area contributed by atoms with Crippen LogP contribution in [0.2, 0.25) is 0 Å². The number of nitrogens with one attached hydrogen (secondary N) is 1. The maximum Gasteiger partial charge on any atom is 0.207 e. The van der Waals surface area contributed by atoms with Gasteiger partial charge in [0, 0.05) is 12.7 Å². The van der Waals surface area contributed by atoms with Gasteiger partial charge in [-0.2, -0.15) is 0 Å². The van der Waals surface area contributed by atoms with Gasteiger partial charge in [0.15, 0.2) is 0 Å². The van der Waals surface area contributed by atoms with E-state index in [-0.39, 0.29) is 6.54 Å². The third-order valence-electron chi connectivity index (χ3n) is 1.31. The first-order valence-corrected chi connectivity index (χ1v) is 3.52. The monoisotopic (exact) mass is 170 g/mol. The molecular formula is C6H10N4O2. The van der Waals surface area contributed by atoms with E-state index >= 15 is 0 Å². The van der Waals surface area contributed by atoms with Crippen molar-refractivity contribution in [3.8, 4) is 0 Å². The number of hydrogen-bond donors (Lipinski definition) is 2. The highest BCUT2D eigenvalue weighted by molar-refractivity contribution is 5.45. The van der Waals surface area contributed by atoms with E-state index < -0.39 is 6.10 Å². The van der Waals surface area contributed by atoms with E-state index in [4.69, 9.17) is 0 Å². The Hall–Kier alpha value is -1.43. The molecule has 0 aromatic carbocycles. The van der Waals surface area contributed by atoms with Gasteiger partial charge in [-0.1, -0.05) is 5.21 Å². The lowest BCUT2D eigenvalue weighted by atomic mass is 10.3. The summed E-state index contributed by atoms with van der Waals surface area (Å²) in [5, 5.41) is 18.8. The van der Waals surface area contributed by atoms with Crippen LogP contribution < -0.4 is 5.32 Å². The molecule has 0 saturated heterocycles. The van der Waals surface area contributed by atoms with Crippen molar-refractivity contribution in [3.05, 3.63) is 12.4 Å². The van der Waals surface area contributed by atoms with Gasteiger partial charge in [0.1, 0.15) is 0 Å². The van der Waals surface area contributed by atoms with Crippen molar-refractivity contribution >= 4 is 6.41 Å². The Morgan fingerprint density at radius 2 is 2.58 bits per heavy atom. The molecule has 0 saturated carbocycles. The fourth-order valence-corrected chi connectivity index (χ4v) is 0.795. The van der Waals surface area contributed by atoms with Gasteiger partial charge in [-0.05, 0) is 0 Å². The average molecular weight is 170 g/mol. The van der Waals surface area contributed by atoms with Crippen LogP contribution in [0.3, 0.4) is 0 Å². The molecule has 1 amide bonds. The number of aliphatic hydroxyl groups is 1. The van der Waals surface area contributed by atoms with Crippen LogP contribution >= 0.6 is 0 Å². The molecule has 2 N–H and O–H groups in total. The molecule has 0 aliphatic carbocycles. The molecule has 1 rings (SSSR count). The first-order chi connectivity index (χ1) is 5.83. The molecule has 0 bridgehead atoms. The fourth-order valence-electron chi connectivity index (χ4n) is 0.795. The van der Waals surface area contributed by atoms with Crippen LogP contribution in [0, 0.1) is 0 Å². The Morgan fingerprint density at radius 1 is 1.75 bits per heavy atom. The molecule has 66 valence electrons. The van der Waals surface area contributed by atoms with Gasteiger partial charge in [0.05, 0.1) is 18.8 Å². The van der Waals surface area contributed by atoms with E-state index in [2.05, 4.69) is 15.6 Å². The first kappa shape index (κ1) is 8.66. The Bertz CT molecular complexity index is 223. The minimum absolute atomic E-state index is 0.226. The summed E-state index contributed by atoms with van der Waals surface area (Å²) in [5.41, 5.74) is 0. The molecule has 0 spiro atoms. The number of aliphatic hydroxyl groups excluding tert-OH is 1. The fraction of sp³-hybridized carbons (Fsp3) is 0.500. The second-order valence-corrected chi connectivity index (χ2v) is 2.31. The van der Waals surface area contributed by atoms with Crippen LogP contribution in [0.15, 0.2) is 12.4 Å². The number of rotatable bonds is 5. The third-order valence-corrected chi connectivity index (χ3v) is 1.31. The number of amides is 1. The molecule has 1 atom stereocenters. The van der Waals surface area contributed by atoms with Crippen molar-refractivity contribution in [2.45, 2.75) is 12.6 Å². The van der Waals surface area contributed by atoms with Crippen molar-refractivity contribution in [1.82, 2.24) is 20.3 Å². The molecule has 6 heteroatoms. The summed E-state index contributed by atoms with van der Waals surface area (Å²) in [6, 6.07) is 0. The Labute approximate surface area is 69.2 Å². The van der Waals surface area contributed by atoms with Crippen LogP contribution in [0.5, 0.6) is 0 Å². The molecule has 0 radical (unpaired) electrons.